The average Bonchev–Trinajstić information content (AvgIpc) is 2.14. The first-order valence-corrected chi connectivity index (χ1v) is 4.71. The summed E-state index contributed by atoms with van der Waals surface area (Å²) in [7, 11) is 0. The average molecular weight is 230 g/mol. The largest absolute Gasteiger partial charge is 0.249 e. The Morgan fingerprint density at radius 1 is 1.27 bits per heavy atom. The molecule has 15 heavy (non-hydrogen) atoms. The van der Waals surface area contributed by atoms with Gasteiger partial charge in [-0.25, -0.2) is 13.8 Å². The summed E-state index contributed by atoms with van der Waals surface area (Å²) in [6.07, 6.45) is 1.34. The number of aliphatic imine (C=N–C) groups is 1. The fraction of sp³-hybridized carbons (Fsp3) is 0.182. The molecule has 0 aliphatic heterocycles. The Kier molecular flexibility index (Phi) is 3.97. The number of halogens is 3. The van der Waals surface area contributed by atoms with E-state index in [1.54, 1.807) is 13.8 Å². The molecule has 0 saturated heterocycles. The van der Waals surface area contributed by atoms with Crippen molar-refractivity contribution in [2.45, 2.75) is 13.8 Å². The second-order valence-electron chi connectivity index (χ2n) is 3.03. The molecule has 0 atom stereocenters. The molecular weight excluding hydrogens is 220 g/mol. The highest BCUT2D eigenvalue weighted by molar-refractivity contribution is 6.64. The summed E-state index contributed by atoms with van der Waals surface area (Å²) in [5.74, 6) is -1.21. The Labute approximate surface area is 92.1 Å². The predicted octanol–water partition coefficient (Wildman–Crippen LogP) is 3.98. The minimum absolute atomic E-state index is 0.0702. The molecule has 1 aromatic rings. The standard InChI is InChI=1S/C11H10ClF2N/c1-7(6-15-8(2)12)11-9(13)4-3-5-10(11)14/h3-6H,1-2H3/b7-6+,15-8?. The Morgan fingerprint density at radius 3 is 2.27 bits per heavy atom. The van der Waals surface area contributed by atoms with E-state index in [1.807, 2.05) is 0 Å². The van der Waals surface area contributed by atoms with Crippen molar-refractivity contribution in [3.05, 3.63) is 41.6 Å². The van der Waals surface area contributed by atoms with Crippen LogP contribution in [-0.4, -0.2) is 5.17 Å². The molecule has 0 heterocycles. The summed E-state index contributed by atoms with van der Waals surface area (Å²) in [6, 6.07) is 3.72. The maximum absolute atomic E-state index is 13.3. The smallest absolute Gasteiger partial charge is 0.133 e. The lowest BCUT2D eigenvalue weighted by atomic mass is 10.1. The van der Waals surface area contributed by atoms with Crippen LogP contribution in [0.3, 0.4) is 0 Å². The molecule has 0 amide bonds. The lowest BCUT2D eigenvalue weighted by molar-refractivity contribution is 0.577. The zero-order valence-corrected chi connectivity index (χ0v) is 9.15. The van der Waals surface area contributed by atoms with Gasteiger partial charge in [-0.2, -0.15) is 0 Å². The third-order valence-electron chi connectivity index (χ3n) is 1.79. The second kappa shape index (κ2) is 5.03. The third kappa shape index (κ3) is 3.13. The van der Waals surface area contributed by atoms with Crippen molar-refractivity contribution < 1.29 is 8.78 Å². The van der Waals surface area contributed by atoms with Crippen molar-refractivity contribution in [2.24, 2.45) is 4.99 Å². The van der Waals surface area contributed by atoms with E-state index in [1.165, 1.54) is 24.4 Å². The van der Waals surface area contributed by atoms with Gasteiger partial charge in [0.2, 0.25) is 0 Å². The molecule has 0 aliphatic carbocycles. The maximum atomic E-state index is 13.3. The van der Waals surface area contributed by atoms with Crippen LogP contribution >= 0.6 is 11.6 Å². The van der Waals surface area contributed by atoms with Gasteiger partial charge < -0.3 is 0 Å². The van der Waals surface area contributed by atoms with E-state index in [0.717, 1.165) is 0 Å². The first-order chi connectivity index (χ1) is 7.02. The molecule has 0 fully saturated rings. The molecular formula is C11H10ClF2N. The van der Waals surface area contributed by atoms with Crippen LogP contribution in [-0.2, 0) is 0 Å². The molecule has 0 aromatic heterocycles. The SMILES string of the molecule is CC(Cl)=N/C=C(\C)c1c(F)cccc1F. The van der Waals surface area contributed by atoms with Gasteiger partial charge in [0.05, 0.1) is 5.56 Å². The molecule has 0 radical (unpaired) electrons. The van der Waals surface area contributed by atoms with Crippen molar-refractivity contribution in [1.29, 1.82) is 0 Å². The maximum Gasteiger partial charge on any atom is 0.133 e. The Bertz CT molecular complexity index is 400. The fourth-order valence-corrected chi connectivity index (χ4v) is 1.17. The molecule has 80 valence electrons. The zero-order chi connectivity index (χ0) is 11.4. The van der Waals surface area contributed by atoms with Crippen LogP contribution in [0.2, 0.25) is 0 Å². The van der Waals surface area contributed by atoms with E-state index in [-0.39, 0.29) is 5.56 Å². The van der Waals surface area contributed by atoms with Crippen molar-refractivity contribution in [3.8, 4) is 0 Å². The molecule has 1 rings (SSSR count). The van der Waals surface area contributed by atoms with Crippen LogP contribution in [0.1, 0.15) is 19.4 Å². The van der Waals surface area contributed by atoms with Gasteiger partial charge in [-0.3, -0.25) is 0 Å². The minimum atomic E-state index is -0.605. The van der Waals surface area contributed by atoms with Gasteiger partial charge in [0.15, 0.2) is 0 Å². The topological polar surface area (TPSA) is 12.4 Å². The van der Waals surface area contributed by atoms with Crippen LogP contribution in [0.5, 0.6) is 0 Å². The van der Waals surface area contributed by atoms with Crippen LogP contribution in [0.15, 0.2) is 29.4 Å². The van der Waals surface area contributed by atoms with E-state index >= 15 is 0 Å². The molecule has 0 bridgehead atoms. The summed E-state index contributed by atoms with van der Waals surface area (Å²) in [6.45, 7) is 3.16. The van der Waals surface area contributed by atoms with Gasteiger partial charge in [-0.05, 0) is 31.6 Å². The monoisotopic (exact) mass is 229 g/mol. The number of hydrogen-bond acceptors (Lipinski definition) is 1. The summed E-state index contributed by atoms with van der Waals surface area (Å²) in [5, 5.41) is 0.311. The van der Waals surface area contributed by atoms with Crippen molar-refractivity contribution in [3.63, 3.8) is 0 Å². The number of allylic oxidation sites excluding steroid dienone is 1. The summed E-state index contributed by atoms with van der Waals surface area (Å²) < 4.78 is 26.5. The van der Waals surface area contributed by atoms with E-state index in [4.69, 9.17) is 11.6 Å². The molecule has 1 nitrogen and oxygen atoms in total. The number of nitrogens with zero attached hydrogens (tertiary/aromatic N) is 1. The molecule has 1 aromatic carbocycles. The molecule has 0 N–H and O–H groups in total. The van der Waals surface area contributed by atoms with Gasteiger partial charge in [0, 0.05) is 6.20 Å². The van der Waals surface area contributed by atoms with Gasteiger partial charge in [-0.15, -0.1) is 0 Å². The van der Waals surface area contributed by atoms with Crippen LogP contribution < -0.4 is 0 Å². The van der Waals surface area contributed by atoms with E-state index in [2.05, 4.69) is 4.99 Å². The number of rotatable bonds is 2. The molecule has 0 unspecified atom stereocenters. The van der Waals surface area contributed by atoms with Gasteiger partial charge in [-0.1, -0.05) is 17.7 Å². The van der Waals surface area contributed by atoms with Gasteiger partial charge >= 0.3 is 0 Å². The molecule has 0 saturated carbocycles. The summed E-state index contributed by atoms with van der Waals surface area (Å²) in [5.41, 5.74) is 0.324. The summed E-state index contributed by atoms with van der Waals surface area (Å²) in [4.78, 5) is 3.77. The Hall–Kier alpha value is -1.22. The highest BCUT2D eigenvalue weighted by Gasteiger charge is 2.09. The minimum Gasteiger partial charge on any atom is -0.249 e. The lowest BCUT2D eigenvalue weighted by Gasteiger charge is -2.03. The number of hydrogen-bond donors (Lipinski definition) is 0. The van der Waals surface area contributed by atoms with Crippen molar-refractivity contribution in [2.75, 3.05) is 0 Å². The van der Waals surface area contributed by atoms with Crippen LogP contribution in [0.4, 0.5) is 8.78 Å². The van der Waals surface area contributed by atoms with Crippen LogP contribution in [0, 0.1) is 11.6 Å². The molecule has 0 aliphatic rings. The first-order valence-electron chi connectivity index (χ1n) is 4.33. The Balaban J connectivity index is 3.16. The first kappa shape index (κ1) is 11.9. The third-order valence-corrected chi connectivity index (χ3v) is 1.89. The van der Waals surface area contributed by atoms with Crippen LogP contribution in [0.25, 0.3) is 5.57 Å². The van der Waals surface area contributed by atoms with Crippen molar-refractivity contribution >= 4 is 22.3 Å². The van der Waals surface area contributed by atoms with Crippen molar-refractivity contribution in [1.82, 2.24) is 0 Å². The van der Waals surface area contributed by atoms with E-state index < -0.39 is 11.6 Å². The van der Waals surface area contributed by atoms with Gasteiger partial charge in [0.1, 0.15) is 16.8 Å². The quantitative estimate of drug-likeness (QED) is 0.680. The predicted molar refractivity (Wildman–Crippen MR) is 59.0 cm³/mol. The van der Waals surface area contributed by atoms with E-state index in [9.17, 15) is 8.78 Å². The highest BCUT2D eigenvalue weighted by atomic mass is 35.5. The Morgan fingerprint density at radius 2 is 1.80 bits per heavy atom. The highest BCUT2D eigenvalue weighted by Crippen LogP contribution is 2.21. The molecule has 0 spiro atoms. The normalized spacial score (nSPS) is 13.1. The zero-order valence-electron chi connectivity index (χ0n) is 8.39. The summed E-state index contributed by atoms with van der Waals surface area (Å²) >= 11 is 5.51. The molecule has 4 heteroatoms. The number of benzene rings is 1. The van der Waals surface area contributed by atoms with E-state index in [0.29, 0.717) is 10.7 Å². The fourth-order valence-electron chi connectivity index (χ4n) is 1.12. The lowest BCUT2D eigenvalue weighted by Crippen LogP contribution is -1.92. The second-order valence-corrected chi connectivity index (χ2v) is 3.58. The van der Waals surface area contributed by atoms with Gasteiger partial charge in [0.25, 0.3) is 0 Å².